The summed E-state index contributed by atoms with van der Waals surface area (Å²) < 4.78 is 6.93. The second kappa shape index (κ2) is 8.67. The van der Waals surface area contributed by atoms with Crippen LogP contribution in [0, 0.1) is 0 Å². The van der Waals surface area contributed by atoms with Crippen LogP contribution in [0.5, 0.6) is 17.4 Å². The number of methoxy groups -OCH3 is 1. The second-order valence-corrected chi connectivity index (χ2v) is 7.88. The van der Waals surface area contributed by atoms with E-state index >= 15 is 0 Å². The third-order valence-electron chi connectivity index (χ3n) is 5.63. The highest BCUT2D eigenvalue weighted by atomic mass is 16.5. The summed E-state index contributed by atoms with van der Waals surface area (Å²) in [5.41, 5.74) is 5.63. The van der Waals surface area contributed by atoms with Gasteiger partial charge in [0.25, 0.3) is 0 Å². The minimum absolute atomic E-state index is 0.0950. The van der Waals surface area contributed by atoms with Crippen molar-refractivity contribution in [3.05, 3.63) is 108 Å². The van der Waals surface area contributed by atoms with Crippen molar-refractivity contribution in [1.82, 2.24) is 14.4 Å². The first-order valence-electron chi connectivity index (χ1n) is 10.7. The van der Waals surface area contributed by atoms with Gasteiger partial charge in [0.05, 0.1) is 18.5 Å². The van der Waals surface area contributed by atoms with Crippen LogP contribution in [0.4, 0.5) is 0 Å². The lowest BCUT2D eigenvalue weighted by atomic mass is 10.1. The van der Waals surface area contributed by atoms with E-state index in [0.717, 1.165) is 28.1 Å². The predicted octanol–water partition coefficient (Wildman–Crippen LogP) is 5.00. The molecular weight excluding hydrogens is 414 g/mol. The smallest absolute Gasteiger partial charge is 0.219 e. The van der Waals surface area contributed by atoms with Crippen molar-refractivity contribution in [2.75, 3.05) is 7.11 Å². The molecule has 33 heavy (non-hydrogen) atoms. The van der Waals surface area contributed by atoms with Gasteiger partial charge in [0, 0.05) is 24.6 Å². The molecule has 5 rings (SSSR count). The molecule has 0 aliphatic carbocycles. The molecule has 6 nitrogen and oxygen atoms in total. The molecular formula is C27H23N3O3. The average Bonchev–Trinajstić information content (AvgIpc) is 3.16. The van der Waals surface area contributed by atoms with Crippen molar-refractivity contribution in [2.45, 2.75) is 12.8 Å². The number of fused-ring (bicyclic) bond motifs is 1. The number of phenolic OH excluding ortho intramolecular Hbond substituents is 1. The van der Waals surface area contributed by atoms with E-state index in [1.807, 2.05) is 66.7 Å². The summed E-state index contributed by atoms with van der Waals surface area (Å²) in [7, 11) is 1.63. The SMILES string of the molecule is COc1ccc(Cc2nc3c(Cc4ccccc4)nc(-c4ccc(O)cc4)cn3c2O)cc1. The highest BCUT2D eigenvalue weighted by Crippen LogP contribution is 2.29. The normalized spacial score (nSPS) is 11.1. The van der Waals surface area contributed by atoms with Gasteiger partial charge in [-0.15, -0.1) is 0 Å². The van der Waals surface area contributed by atoms with Crippen LogP contribution in [0.15, 0.2) is 85.1 Å². The van der Waals surface area contributed by atoms with E-state index in [2.05, 4.69) is 0 Å². The van der Waals surface area contributed by atoms with E-state index < -0.39 is 0 Å². The van der Waals surface area contributed by atoms with Crippen molar-refractivity contribution in [3.63, 3.8) is 0 Å². The lowest BCUT2D eigenvalue weighted by Gasteiger charge is -2.08. The van der Waals surface area contributed by atoms with E-state index in [4.69, 9.17) is 14.7 Å². The van der Waals surface area contributed by atoms with Gasteiger partial charge in [-0.2, -0.15) is 0 Å². The maximum absolute atomic E-state index is 11.1. The van der Waals surface area contributed by atoms with E-state index in [1.54, 1.807) is 29.8 Å². The maximum atomic E-state index is 11.1. The molecule has 0 saturated heterocycles. The molecule has 2 aromatic heterocycles. The maximum Gasteiger partial charge on any atom is 0.219 e. The van der Waals surface area contributed by atoms with Gasteiger partial charge in [-0.1, -0.05) is 42.5 Å². The largest absolute Gasteiger partial charge is 0.508 e. The topological polar surface area (TPSA) is 79.9 Å². The Morgan fingerprint density at radius 2 is 1.42 bits per heavy atom. The highest BCUT2D eigenvalue weighted by Gasteiger charge is 2.18. The quantitative estimate of drug-likeness (QED) is 0.391. The Balaban J connectivity index is 1.61. The highest BCUT2D eigenvalue weighted by molar-refractivity contribution is 5.64. The molecule has 3 aromatic carbocycles. The zero-order valence-electron chi connectivity index (χ0n) is 18.1. The number of hydrogen-bond acceptors (Lipinski definition) is 5. The molecule has 2 N–H and O–H groups in total. The fourth-order valence-electron chi connectivity index (χ4n) is 3.88. The molecule has 0 atom stereocenters. The molecule has 0 saturated carbocycles. The fourth-order valence-corrected chi connectivity index (χ4v) is 3.88. The van der Waals surface area contributed by atoms with Crippen molar-refractivity contribution in [3.8, 4) is 28.6 Å². The molecule has 0 amide bonds. The Morgan fingerprint density at radius 1 is 0.758 bits per heavy atom. The lowest BCUT2D eigenvalue weighted by molar-refractivity contribution is 0.414. The van der Waals surface area contributed by atoms with Gasteiger partial charge in [0.2, 0.25) is 5.88 Å². The Kier molecular flexibility index (Phi) is 5.40. The van der Waals surface area contributed by atoms with Gasteiger partial charge in [-0.3, -0.25) is 4.40 Å². The molecule has 0 fully saturated rings. The van der Waals surface area contributed by atoms with Crippen LogP contribution in [-0.4, -0.2) is 31.7 Å². The van der Waals surface area contributed by atoms with Crippen LogP contribution >= 0.6 is 0 Å². The molecule has 2 heterocycles. The molecule has 164 valence electrons. The number of nitrogens with zero attached hydrogens (tertiary/aromatic N) is 3. The van der Waals surface area contributed by atoms with E-state index in [9.17, 15) is 10.2 Å². The summed E-state index contributed by atoms with van der Waals surface area (Å²) >= 11 is 0. The molecule has 0 spiro atoms. The van der Waals surface area contributed by atoms with Crippen LogP contribution < -0.4 is 4.74 Å². The van der Waals surface area contributed by atoms with E-state index in [0.29, 0.717) is 29.9 Å². The zero-order chi connectivity index (χ0) is 22.8. The van der Waals surface area contributed by atoms with Gasteiger partial charge in [0.1, 0.15) is 17.2 Å². The Bertz CT molecular complexity index is 1390. The van der Waals surface area contributed by atoms with Crippen LogP contribution in [0.2, 0.25) is 0 Å². The van der Waals surface area contributed by atoms with Crippen LogP contribution in [0.3, 0.4) is 0 Å². The average molecular weight is 437 g/mol. The lowest BCUT2D eigenvalue weighted by Crippen LogP contribution is -2.00. The van der Waals surface area contributed by atoms with Gasteiger partial charge < -0.3 is 14.9 Å². The number of imidazole rings is 1. The zero-order valence-corrected chi connectivity index (χ0v) is 18.1. The minimum atomic E-state index is 0.0950. The summed E-state index contributed by atoms with van der Waals surface area (Å²) in [4.78, 5) is 9.66. The first kappa shape index (κ1) is 20.6. The third-order valence-corrected chi connectivity index (χ3v) is 5.63. The number of phenols is 1. The fraction of sp³-hybridized carbons (Fsp3) is 0.111. The van der Waals surface area contributed by atoms with Crippen molar-refractivity contribution in [2.24, 2.45) is 0 Å². The Labute approximate surface area is 191 Å². The van der Waals surface area contributed by atoms with E-state index in [-0.39, 0.29) is 11.6 Å². The summed E-state index contributed by atoms with van der Waals surface area (Å²) in [6.45, 7) is 0. The molecule has 0 radical (unpaired) electrons. The molecule has 0 aliphatic rings. The van der Waals surface area contributed by atoms with Crippen LogP contribution in [0.25, 0.3) is 16.9 Å². The summed E-state index contributed by atoms with van der Waals surface area (Å²) in [5, 5.41) is 20.7. The van der Waals surface area contributed by atoms with Gasteiger partial charge in [-0.25, -0.2) is 9.97 Å². The first-order chi connectivity index (χ1) is 16.1. The predicted molar refractivity (Wildman–Crippen MR) is 127 cm³/mol. The second-order valence-electron chi connectivity index (χ2n) is 7.88. The monoisotopic (exact) mass is 437 g/mol. The van der Waals surface area contributed by atoms with E-state index in [1.165, 1.54) is 0 Å². The van der Waals surface area contributed by atoms with Crippen molar-refractivity contribution in [1.29, 1.82) is 0 Å². The number of benzene rings is 3. The molecule has 6 heteroatoms. The van der Waals surface area contributed by atoms with Crippen LogP contribution in [0.1, 0.15) is 22.5 Å². The summed E-state index contributed by atoms with van der Waals surface area (Å²) in [6.07, 6.45) is 2.85. The standard InChI is InChI=1S/C27H23N3O3/c1-33-22-13-7-19(8-14-22)16-24-27(32)30-17-25(20-9-11-21(31)12-10-20)28-23(26(30)29-24)15-18-5-3-2-4-6-18/h2-14,17,31-32H,15-16H2,1H3. The van der Waals surface area contributed by atoms with Crippen LogP contribution in [-0.2, 0) is 12.8 Å². The number of aromatic hydroxyl groups is 2. The van der Waals surface area contributed by atoms with Crippen molar-refractivity contribution >= 4 is 5.65 Å². The molecule has 0 bridgehead atoms. The summed E-state index contributed by atoms with van der Waals surface area (Å²) in [6, 6.07) is 24.7. The summed E-state index contributed by atoms with van der Waals surface area (Å²) in [5.74, 6) is 1.07. The van der Waals surface area contributed by atoms with Gasteiger partial charge in [-0.05, 0) is 47.5 Å². The number of aromatic nitrogens is 3. The third kappa shape index (κ3) is 4.23. The Morgan fingerprint density at radius 3 is 2.12 bits per heavy atom. The number of hydrogen-bond donors (Lipinski definition) is 2. The molecule has 0 aliphatic heterocycles. The van der Waals surface area contributed by atoms with Gasteiger partial charge >= 0.3 is 0 Å². The molecule has 0 unspecified atom stereocenters. The van der Waals surface area contributed by atoms with Crippen molar-refractivity contribution < 1.29 is 14.9 Å². The minimum Gasteiger partial charge on any atom is -0.508 e. The molecule has 5 aromatic rings. The number of rotatable bonds is 6. The first-order valence-corrected chi connectivity index (χ1v) is 10.7. The number of ether oxygens (including phenoxy) is 1. The van der Waals surface area contributed by atoms with Gasteiger partial charge in [0.15, 0.2) is 5.65 Å². The Hall–Kier alpha value is -4.32.